The molecule has 5 heteroatoms. The van der Waals surface area contributed by atoms with Crippen molar-refractivity contribution in [1.82, 2.24) is 14.9 Å². The predicted molar refractivity (Wildman–Crippen MR) is 55.0 cm³/mol. The van der Waals surface area contributed by atoms with Gasteiger partial charge in [0.05, 0.1) is 0 Å². The fraction of sp³-hybridized carbons (Fsp3) is 0.100. The van der Waals surface area contributed by atoms with Crippen molar-refractivity contribution in [2.24, 2.45) is 0 Å². The average Bonchev–Trinajstić information content (AvgIpc) is 2.33. The number of hydrogen-bond donors (Lipinski definition) is 1. The van der Waals surface area contributed by atoms with Gasteiger partial charge < -0.3 is 5.11 Å². The van der Waals surface area contributed by atoms with Gasteiger partial charge in [-0.3, -0.25) is 14.9 Å². The molecule has 0 radical (unpaired) electrons. The van der Waals surface area contributed by atoms with Crippen LogP contribution >= 0.6 is 0 Å². The van der Waals surface area contributed by atoms with E-state index in [-0.39, 0.29) is 0 Å². The van der Waals surface area contributed by atoms with Crippen LogP contribution in [0.4, 0.5) is 4.79 Å². The molecule has 1 N–H and O–H groups in total. The zero-order chi connectivity index (χ0) is 10.9. The highest BCUT2D eigenvalue weighted by atomic mass is 16.4. The molecule has 1 aliphatic heterocycles. The number of aromatic nitrogens is 2. The third-order valence-corrected chi connectivity index (χ3v) is 1.54. The lowest BCUT2D eigenvalue weighted by atomic mass is 10.4. The van der Waals surface area contributed by atoms with Crippen molar-refractivity contribution in [2.45, 2.75) is 0 Å². The van der Waals surface area contributed by atoms with Gasteiger partial charge >= 0.3 is 6.09 Å². The van der Waals surface area contributed by atoms with Gasteiger partial charge in [0, 0.05) is 37.5 Å². The molecule has 0 aromatic carbocycles. The summed E-state index contributed by atoms with van der Waals surface area (Å²) >= 11 is 0. The van der Waals surface area contributed by atoms with E-state index < -0.39 is 6.09 Å². The molecule has 0 saturated heterocycles. The molecule has 0 atom stereocenters. The highest BCUT2D eigenvalue weighted by Crippen LogP contribution is 1.97. The Hall–Kier alpha value is -2.17. The summed E-state index contributed by atoms with van der Waals surface area (Å²) in [6, 6.07) is 0. The SMILES string of the molecule is O=C(O)N1C=CC=CC1.c1cnccn1. The maximum absolute atomic E-state index is 10.2. The Morgan fingerprint density at radius 2 is 1.73 bits per heavy atom. The third-order valence-electron chi connectivity index (χ3n) is 1.54. The van der Waals surface area contributed by atoms with E-state index in [1.54, 1.807) is 36.9 Å². The van der Waals surface area contributed by atoms with Gasteiger partial charge in [-0.2, -0.15) is 0 Å². The highest BCUT2D eigenvalue weighted by Gasteiger charge is 2.05. The quantitative estimate of drug-likeness (QED) is 0.697. The first-order valence-electron chi connectivity index (χ1n) is 4.33. The Morgan fingerprint density at radius 1 is 1.13 bits per heavy atom. The fourth-order valence-electron chi connectivity index (χ4n) is 0.863. The lowest BCUT2D eigenvalue weighted by Gasteiger charge is -2.12. The van der Waals surface area contributed by atoms with Crippen LogP contribution in [0, 0.1) is 0 Å². The van der Waals surface area contributed by atoms with Crippen molar-refractivity contribution in [1.29, 1.82) is 0 Å². The molecule has 1 amide bonds. The number of hydrogen-bond acceptors (Lipinski definition) is 3. The smallest absolute Gasteiger partial charge is 0.411 e. The van der Waals surface area contributed by atoms with Gasteiger partial charge in [-0.1, -0.05) is 12.2 Å². The van der Waals surface area contributed by atoms with E-state index in [1.807, 2.05) is 6.08 Å². The van der Waals surface area contributed by atoms with Gasteiger partial charge in [0.1, 0.15) is 0 Å². The van der Waals surface area contributed by atoms with Crippen molar-refractivity contribution in [2.75, 3.05) is 6.54 Å². The molecule has 0 aliphatic carbocycles. The van der Waals surface area contributed by atoms with Crippen LogP contribution in [-0.4, -0.2) is 32.6 Å². The van der Waals surface area contributed by atoms with Gasteiger partial charge in [0.25, 0.3) is 0 Å². The molecular weight excluding hydrogens is 194 g/mol. The molecule has 1 aromatic rings. The molecule has 0 saturated carbocycles. The van der Waals surface area contributed by atoms with E-state index >= 15 is 0 Å². The zero-order valence-electron chi connectivity index (χ0n) is 8.02. The lowest BCUT2D eigenvalue weighted by Crippen LogP contribution is -2.24. The highest BCUT2D eigenvalue weighted by molar-refractivity contribution is 5.66. The summed E-state index contributed by atoms with van der Waals surface area (Å²) in [6.07, 6.45) is 12.5. The van der Waals surface area contributed by atoms with Crippen LogP contribution in [0.15, 0.2) is 49.2 Å². The van der Waals surface area contributed by atoms with Gasteiger partial charge in [-0.15, -0.1) is 0 Å². The molecule has 0 unspecified atom stereocenters. The minimum atomic E-state index is -0.907. The standard InChI is InChI=1S/C6H7NO2.C4H4N2/c8-6(9)7-4-2-1-3-5-7;1-2-6-4-3-5-1/h1-4H,5H2,(H,8,9);1-4H. The number of carboxylic acid groups (broad SMARTS) is 1. The summed E-state index contributed by atoms with van der Waals surface area (Å²) in [6.45, 7) is 0.464. The van der Waals surface area contributed by atoms with Crippen molar-refractivity contribution in [3.05, 3.63) is 49.2 Å². The lowest BCUT2D eigenvalue weighted by molar-refractivity contribution is 0.166. The topological polar surface area (TPSA) is 66.3 Å². The van der Waals surface area contributed by atoms with Crippen LogP contribution in [0.2, 0.25) is 0 Å². The summed E-state index contributed by atoms with van der Waals surface area (Å²) in [5.74, 6) is 0. The average molecular weight is 205 g/mol. The van der Waals surface area contributed by atoms with Crippen LogP contribution in [0.3, 0.4) is 0 Å². The Labute approximate surface area is 87.4 Å². The molecule has 0 bridgehead atoms. The molecular formula is C10H11N3O2. The zero-order valence-corrected chi connectivity index (χ0v) is 8.02. The van der Waals surface area contributed by atoms with E-state index in [2.05, 4.69) is 9.97 Å². The predicted octanol–water partition coefficient (Wildman–Crippen LogP) is 1.53. The van der Waals surface area contributed by atoms with E-state index in [9.17, 15) is 4.79 Å². The van der Waals surface area contributed by atoms with Gasteiger partial charge in [-0.25, -0.2) is 4.79 Å². The summed E-state index contributed by atoms with van der Waals surface area (Å²) in [7, 11) is 0. The van der Waals surface area contributed by atoms with Crippen molar-refractivity contribution < 1.29 is 9.90 Å². The largest absolute Gasteiger partial charge is 0.465 e. The second-order valence-electron chi connectivity index (χ2n) is 2.60. The second kappa shape index (κ2) is 6.31. The first kappa shape index (κ1) is 10.9. The van der Waals surface area contributed by atoms with E-state index in [0.717, 1.165) is 0 Å². The van der Waals surface area contributed by atoms with Crippen molar-refractivity contribution in [3.63, 3.8) is 0 Å². The number of allylic oxidation sites excluding steroid dienone is 2. The fourth-order valence-corrected chi connectivity index (χ4v) is 0.863. The summed E-state index contributed by atoms with van der Waals surface area (Å²) in [4.78, 5) is 18.8. The summed E-state index contributed by atoms with van der Waals surface area (Å²) in [5.41, 5.74) is 0. The molecule has 15 heavy (non-hydrogen) atoms. The number of amides is 1. The minimum absolute atomic E-state index is 0.464. The van der Waals surface area contributed by atoms with E-state index in [4.69, 9.17) is 5.11 Å². The van der Waals surface area contributed by atoms with Crippen LogP contribution < -0.4 is 0 Å². The second-order valence-corrected chi connectivity index (χ2v) is 2.60. The summed E-state index contributed by atoms with van der Waals surface area (Å²) in [5, 5.41) is 8.38. The van der Waals surface area contributed by atoms with Crippen LogP contribution in [0.5, 0.6) is 0 Å². The summed E-state index contributed by atoms with van der Waals surface area (Å²) < 4.78 is 0. The first-order chi connectivity index (χ1) is 7.30. The Kier molecular flexibility index (Phi) is 4.59. The number of nitrogens with zero attached hydrogens (tertiary/aromatic N) is 3. The molecule has 78 valence electrons. The van der Waals surface area contributed by atoms with Gasteiger partial charge in [0.15, 0.2) is 0 Å². The number of carbonyl (C=O) groups is 1. The molecule has 1 aromatic heterocycles. The Bertz CT molecular complexity index is 322. The third kappa shape index (κ3) is 4.56. The normalized spacial score (nSPS) is 12.9. The van der Waals surface area contributed by atoms with Crippen LogP contribution in [0.25, 0.3) is 0 Å². The first-order valence-corrected chi connectivity index (χ1v) is 4.33. The maximum atomic E-state index is 10.2. The van der Waals surface area contributed by atoms with E-state index in [0.29, 0.717) is 6.54 Å². The monoisotopic (exact) mass is 205 g/mol. The molecule has 1 aliphatic rings. The molecule has 2 heterocycles. The minimum Gasteiger partial charge on any atom is -0.465 e. The Balaban J connectivity index is 0.000000162. The molecule has 0 fully saturated rings. The molecule has 2 rings (SSSR count). The van der Waals surface area contributed by atoms with Crippen LogP contribution in [-0.2, 0) is 0 Å². The van der Waals surface area contributed by atoms with E-state index in [1.165, 1.54) is 11.1 Å². The van der Waals surface area contributed by atoms with Crippen molar-refractivity contribution >= 4 is 6.09 Å². The molecule has 0 spiro atoms. The Morgan fingerprint density at radius 3 is 2.00 bits per heavy atom. The van der Waals surface area contributed by atoms with Crippen LogP contribution in [0.1, 0.15) is 0 Å². The van der Waals surface area contributed by atoms with Crippen molar-refractivity contribution in [3.8, 4) is 0 Å². The maximum Gasteiger partial charge on any atom is 0.411 e. The number of rotatable bonds is 0. The van der Waals surface area contributed by atoms with Gasteiger partial charge in [-0.05, 0) is 6.08 Å². The molecule has 5 nitrogen and oxygen atoms in total. The van der Waals surface area contributed by atoms with Gasteiger partial charge in [0.2, 0.25) is 0 Å².